The maximum atomic E-state index is 5.97. The van der Waals surface area contributed by atoms with Crippen molar-refractivity contribution < 1.29 is 14.2 Å². The van der Waals surface area contributed by atoms with Crippen LogP contribution in [0.5, 0.6) is 11.5 Å². The fraction of sp³-hybridized carbons (Fsp3) is 0.647. The number of ether oxygens (including phenoxy) is 3. The Bertz CT molecular complexity index is 396. The van der Waals surface area contributed by atoms with Gasteiger partial charge >= 0.3 is 0 Å². The SMILES string of the molecule is CCCC(C)Oc1ccc(CNCCOC)cc1OCC. The summed E-state index contributed by atoms with van der Waals surface area (Å²) in [7, 11) is 1.71. The summed E-state index contributed by atoms with van der Waals surface area (Å²) in [5.41, 5.74) is 1.19. The van der Waals surface area contributed by atoms with Crippen LogP contribution in [0.25, 0.3) is 0 Å². The van der Waals surface area contributed by atoms with Gasteiger partial charge in [-0.3, -0.25) is 0 Å². The van der Waals surface area contributed by atoms with Crippen LogP contribution in [-0.4, -0.2) is 33.0 Å². The van der Waals surface area contributed by atoms with Crippen LogP contribution in [0.1, 0.15) is 39.2 Å². The molecule has 1 aromatic carbocycles. The lowest BCUT2D eigenvalue weighted by atomic mass is 10.2. The van der Waals surface area contributed by atoms with E-state index in [-0.39, 0.29) is 6.10 Å². The Morgan fingerprint density at radius 3 is 2.67 bits per heavy atom. The lowest BCUT2D eigenvalue weighted by Crippen LogP contribution is -2.18. The van der Waals surface area contributed by atoms with E-state index in [0.29, 0.717) is 13.2 Å². The van der Waals surface area contributed by atoms with Crippen LogP contribution in [-0.2, 0) is 11.3 Å². The average molecular weight is 295 g/mol. The van der Waals surface area contributed by atoms with Gasteiger partial charge in [0.2, 0.25) is 0 Å². The number of hydrogen-bond donors (Lipinski definition) is 1. The van der Waals surface area contributed by atoms with Crippen molar-refractivity contribution >= 4 is 0 Å². The van der Waals surface area contributed by atoms with E-state index in [9.17, 15) is 0 Å². The number of methoxy groups -OCH3 is 1. The van der Waals surface area contributed by atoms with E-state index in [4.69, 9.17) is 14.2 Å². The van der Waals surface area contributed by atoms with Crippen molar-refractivity contribution in [2.24, 2.45) is 0 Å². The summed E-state index contributed by atoms with van der Waals surface area (Å²) in [4.78, 5) is 0. The Balaban J connectivity index is 2.66. The Labute approximate surface area is 128 Å². The Morgan fingerprint density at radius 2 is 2.00 bits per heavy atom. The van der Waals surface area contributed by atoms with Crippen molar-refractivity contribution in [1.82, 2.24) is 5.32 Å². The molecular formula is C17H29NO3. The molecule has 1 N–H and O–H groups in total. The van der Waals surface area contributed by atoms with Crippen LogP contribution >= 0.6 is 0 Å². The smallest absolute Gasteiger partial charge is 0.161 e. The Kier molecular flexibility index (Phi) is 8.87. The largest absolute Gasteiger partial charge is 0.490 e. The summed E-state index contributed by atoms with van der Waals surface area (Å²) in [5.74, 6) is 1.66. The predicted molar refractivity (Wildman–Crippen MR) is 86.2 cm³/mol. The summed E-state index contributed by atoms with van der Waals surface area (Å²) < 4.78 is 16.7. The van der Waals surface area contributed by atoms with Crippen molar-refractivity contribution in [2.75, 3.05) is 26.9 Å². The molecule has 1 rings (SSSR count). The van der Waals surface area contributed by atoms with Crippen molar-refractivity contribution in [1.29, 1.82) is 0 Å². The molecule has 0 heterocycles. The first-order valence-electron chi connectivity index (χ1n) is 7.83. The first-order chi connectivity index (χ1) is 10.2. The molecule has 0 spiro atoms. The highest BCUT2D eigenvalue weighted by Gasteiger charge is 2.10. The van der Waals surface area contributed by atoms with Gasteiger partial charge in [0.1, 0.15) is 0 Å². The van der Waals surface area contributed by atoms with Gasteiger partial charge in [0.15, 0.2) is 11.5 Å². The molecule has 4 heteroatoms. The highest BCUT2D eigenvalue weighted by molar-refractivity contribution is 5.43. The summed E-state index contributed by atoms with van der Waals surface area (Å²) in [6.07, 6.45) is 2.37. The van der Waals surface area contributed by atoms with Crippen molar-refractivity contribution in [3.8, 4) is 11.5 Å². The van der Waals surface area contributed by atoms with Gasteiger partial charge in [-0.05, 0) is 38.0 Å². The maximum Gasteiger partial charge on any atom is 0.161 e. The molecule has 4 nitrogen and oxygen atoms in total. The van der Waals surface area contributed by atoms with Crippen LogP contribution in [0.2, 0.25) is 0 Å². The number of rotatable bonds is 11. The van der Waals surface area contributed by atoms with Crippen LogP contribution < -0.4 is 14.8 Å². The Hall–Kier alpha value is -1.26. The summed E-state index contributed by atoms with van der Waals surface area (Å²) >= 11 is 0. The third kappa shape index (κ3) is 6.82. The zero-order valence-electron chi connectivity index (χ0n) is 13.8. The number of nitrogens with one attached hydrogen (secondary N) is 1. The van der Waals surface area contributed by atoms with E-state index in [1.54, 1.807) is 7.11 Å². The van der Waals surface area contributed by atoms with E-state index in [0.717, 1.165) is 37.4 Å². The van der Waals surface area contributed by atoms with Gasteiger partial charge < -0.3 is 19.5 Å². The molecule has 0 aliphatic rings. The zero-order chi connectivity index (χ0) is 15.5. The standard InChI is InChI=1S/C17H29NO3/c1-5-7-14(3)21-16-9-8-15(12-17(16)20-6-2)13-18-10-11-19-4/h8-9,12,14,18H,5-7,10-11,13H2,1-4H3. The summed E-state index contributed by atoms with van der Waals surface area (Å²) in [5, 5.41) is 3.33. The first kappa shape index (κ1) is 17.8. The molecule has 120 valence electrons. The molecule has 0 saturated heterocycles. The Morgan fingerprint density at radius 1 is 1.19 bits per heavy atom. The molecule has 0 radical (unpaired) electrons. The van der Waals surface area contributed by atoms with E-state index in [1.807, 2.05) is 13.0 Å². The molecule has 0 fully saturated rings. The minimum atomic E-state index is 0.208. The zero-order valence-corrected chi connectivity index (χ0v) is 13.8. The fourth-order valence-corrected chi connectivity index (χ4v) is 2.12. The molecule has 0 aromatic heterocycles. The van der Waals surface area contributed by atoms with E-state index in [1.165, 1.54) is 5.56 Å². The lowest BCUT2D eigenvalue weighted by molar-refractivity contribution is 0.196. The quantitative estimate of drug-likeness (QED) is 0.635. The second kappa shape index (κ2) is 10.5. The predicted octanol–water partition coefficient (Wildman–Crippen LogP) is 3.39. The van der Waals surface area contributed by atoms with Crippen LogP contribution in [0.4, 0.5) is 0 Å². The van der Waals surface area contributed by atoms with Gasteiger partial charge in [0.05, 0.1) is 19.3 Å². The molecule has 0 saturated carbocycles. The van der Waals surface area contributed by atoms with Crippen molar-refractivity contribution in [2.45, 2.75) is 46.3 Å². The molecule has 0 aliphatic carbocycles. The summed E-state index contributed by atoms with van der Waals surface area (Å²) in [6, 6.07) is 6.14. The van der Waals surface area contributed by atoms with Crippen LogP contribution in [0.3, 0.4) is 0 Å². The second-order valence-corrected chi connectivity index (χ2v) is 5.10. The summed E-state index contributed by atoms with van der Waals surface area (Å²) in [6.45, 7) is 9.24. The minimum absolute atomic E-state index is 0.208. The first-order valence-corrected chi connectivity index (χ1v) is 7.83. The normalized spacial score (nSPS) is 12.2. The lowest BCUT2D eigenvalue weighted by Gasteiger charge is -2.18. The molecule has 1 atom stereocenters. The molecule has 21 heavy (non-hydrogen) atoms. The third-order valence-corrected chi connectivity index (χ3v) is 3.14. The van der Waals surface area contributed by atoms with Crippen molar-refractivity contribution in [3.05, 3.63) is 23.8 Å². The topological polar surface area (TPSA) is 39.7 Å². The average Bonchev–Trinajstić information content (AvgIpc) is 2.47. The minimum Gasteiger partial charge on any atom is -0.490 e. The van der Waals surface area contributed by atoms with Crippen molar-refractivity contribution in [3.63, 3.8) is 0 Å². The van der Waals surface area contributed by atoms with Gasteiger partial charge in [-0.15, -0.1) is 0 Å². The van der Waals surface area contributed by atoms with Gasteiger partial charge in [0, 0.05) is 20.2 Å². The molecule has 1 aromatic rings. The molecule has 0 amide bonds. The maximum absolute atomic E-state index is 5.97. The fourth-order valence-electron chi connectivity index (χ4n) is 2.12. The highest BCUT2D eigenvalue weighted by Crippen LogP contribution is 2.30. The second-order valence-electron chi connectivity index (χ2n) is 5.10. The third-order valence-electron chi connectivity index (χ3n) is 3.14. The van der Waals surface area contributed by atoms with Gasteiger partial charge in [-0.25, -0.2) is 0 Å². The molecular weight excluding hydrogens is 266 g/mol. The molecule has 0 bridgehead atoms. The van der Waals surface area contributed by atoms with Crippen LogP contribution in [0, 0.1) is 0 Å². The van der Waals surface area contributed by atoms with Gasteiger partial charge in [0.25, 0.3) is 0 Å². The van der Waals surface area contributed by atoms with E-state index >= 15 is 0 Å². The monoisotopic (exact) mass is 295 g/mol. The van der Waals surface area contributed by atoms with Gasteiger partial charge in [-0.1, -0.05) is 19.4 Å². The van der Waals surface area contributed by atoms with Crippen LogP contribution in [0.15, 0.2) is 18.2 Å². The van der Waals surface area contributed by atoms with E-state index < -0.39 is 0 Å². The van der Waals surface area contributed by atoms with Gasteiger partial charge in [-0.2, -0.15) is 0 Å². The number of benzene rings is 1. The number of hydrogen-bond acceptors (Lipinski definition) is 4. The van der Waals surface area contributed by atoms with E-state index in [2.05, 4.69) is 31.3 Å². The molecule has 1 unspecified atom stereocenters. The molecule has 0 aliphatic heterocycles. The highest BCUT2D eigenvalue weighted by atomic mass is 16.5.